The van der Waals surface area contributed by atoms with Crippen molar-refractivity contribution in [1.82, 2.24) is 14.8 Å². The Kier molecular flexibility index (Phi) is 4.16. The molecule has 0 unspecified atom stereocenters. The third kappa shape index (κ3) is 3.17. The van der Waals surface area contributed by atoms with Gasteiger partial charge in [-0.2, -0.15) is 5.10 Å². The van der Waals surface area contributed by atoms with Gasteiger partial charge in [0.15, 0.2) is 5.13 Å². The van der Waals surface area contributed by atoms with Crippen LogP contribution in [0.1, 0.15) is 36.9 Å². The van der Waals surface area contributed by atoms with Crippen molar-refractivity contribution in [2.45, 2.75) is 45.1 Å². The minimum absolute atomic E-state index is 0.0769. The van der Waals surface area contributed by atoms with Crippen LogP contribution in [0.2, 0.25) is 0 Å². The predicted molar refractivity (Wildman–Crippen MR) is 92.2 cm³/mol. The molecule has 4 rings (SSSR count). The van der Waals surface area contributed by atoms with Crippen LogP contribution in [0, 0.1) is 5.92 Å². The zero-order valence-electron chi connectivity index (χ0n) is 13.3. The molecule has 2 aliphatic rings. The number of hydrogen-bond acceptors (Lipinski definition) is 5. The van der Waals surface area contributed by atoms with Crippen LogP contribution in [0.15, 0.2) is 22.4 Å². The van der Waals surface area contributed by atoms with Gasteiger partial charge in [0, 0.05) is 37.3 Å². The maximum Gasteiger partial charge on any atom is 0.267 e. The van der Waals surface area contributed by atoms with Crippen molar-refractivity contribution in [2.24, 2.45) is 5.92 Å². The van der Waals surface area contributed by atoms with E-state index in [0.29, 0.717) is 5.92 Å². The maximum absolute atomic E-state index is 12.3. The number of hydrogen-bond donors (Lipinski definition) is 0. The van der Waals surface area contributed by atoms with Crippen molar-refractivity contribution >= 4 is 16.5 Å². The van der Waals surface area contributed by atoms with Crippen molar-refractivity contribution in [3.8, 4) is 0 Å². The molecule has 0 radical (unpaired) electrons. The Morgan fingerprint density at radius 2 is 2.04 bits per heavy atom. The van der Waals surface area contributed by atoms with Gasteiger partial charge < -0.3 is 4.90 Å². The number of piperidine rings is 1. The van der Waals surface area contributed by atoms with Crippen molar-refractivity contribution in [3.63, 3.8) is 0 Å². The van der Waals surface area contributed by atoms with Crippen molar-refractivity contribution in [1.29, 1.82) is 0 Å². The zero-order valence-corrected chi connectivity index (χ0v) is 14.1. The molecule has 1 aliphatic carbocycles. The summed E-state index contributed by atoms with van der Waals surface area (Å²) in [6.45, 7) is 2.81. The van der Waals surface area contributed by atoms with Gasteiger partial charge in [-0.15, -0.1) is 11.3 Å². The van der Waals surface area contributed by atoms with E-state index in [1.54, 1.807) is 16.0 Å². The summed E-state index contributed by atoms with van der Waals surface area (Å²) >= 11 is 1.70. The summed E-state index contributed by atoms with van der Waals surface area (Å²) in [5, 5.41) is 7.80. The Labute approximate surface area is 140 Å². The Balaban J connectivity index is 1.42. The van der Waals surface area contributed by atoms with Crippen molar-refractivity contribution in [2.75, 3.05) is 18.0 Å². The van der Waals surface area contributed by atoms with Gasteiger partial charge in [-0.1, -0.05) is 0 Å². The Morgan fingerprint density at radius 1 is 1.22 bits per heavy atom. The largest absolute Gasteiger partial charge is 0.348 e. The first kappa shape index (κ1) is 14.9. The van der Waals surface area contributed by atoms with Crippen LogP contribution in [-0.4, -0.2) is 27.9 Å². The molecule has 1 saturated heterocycles. The SMILES string of the molecule is O=c1cc2c(nn1CC1CCN(c3nccs3)CC1)CCCC2. The Hall–Kier alpha value is -1.69. The summed E-state index contributed by atoms with van der Waals surface area (Å²) in [5.41, 5.74) is 2.40. The zero-order chi connectivity index (χ0) is 15.6. The quantitative estimate of drug-likeness (QED) is 0.868. The second-order valence-corrected chi connectivity index (χ2v) is 7.46. The molecule has 23 heavy (non-hydrogen) atoms. The second-order valence-electron chi connectivity index (χ2n) is 6.59. The number of anilines is 1. The Bertz CT molecular complexity index is 717. The van der Waals surface area contributed by atoms with Gasteiger partial charge in [-0.05, 0) is 50.0 Å². The summed E-state index contributed by atoms with van der Waals surface area (Å²) in [4.78, 5) is 19.0. The van der Waals surface area contributed by atoms with Crippen molar-refractivity contribution in [3.05, 3.63) is 39.3 Å². The van der Waals surface area contributed by atoms with Crippen molar-refractivity contribution < 1.29 is 0 Å². The summed E-state index contributed by atoms with van der Waals surface area (Å²) in [5.74, 6) is 0.540. The number of thiazole rings is 1. The molecule has 0 bridgehead atoms. The van der Waals surface area contributed by atoms with Crippen LogP contribution in [0.25, 0.3) is 0 Å². The van der Waals surface area contributed by atoms with Gasteiger partial charge in [0.25, 0.3) is 5.56 Å². The van der Waals surface area contributed by atoms with Crippen LogP contribution in [0.4, 0.5) is 5.13 Å². The fourth-order valence-corrected chi connectivity index (χ4v) is 4.35. The van der Waals surface area contributed by atoms with E-state index in [-0.39, 0.29) is 5.56 Å². The highest BCUT2D eigenvalue weighted by Gasteiger charge is 2.22. The lowest BCUT2D eigenvalue weighted by atomic mass is 9.96. The van der Waals surface area contributed by atoms with Gasteiger partial charge in [-0.25, -0.2) is 9.67 Å². The van der Waals surface area contributed by atoms with Crippen LogP contribution in [-0.2, 0) is 19.4 Å². The molecule has 1 aliphatic heterocycles. The topological polar surface area (TPSA) is 51.0 Å². The lowest BCUT2D eigenvalue weighted by Crippen LogP contribution is -2.37. The molecule has 0 atom stereocenters. The fraction of sp³-hybridized carbons (Fsp3) is 0.588. The molecule has 1 fully saturated rings. The average molecular weight is 330 g/mol. The number of aromatic nitrogens is 3. The summed E-state index contributed by atoms with van der Waals surface area (Å²) in [7, 11) is 0. The molecule has 0 saturated carbocycles. The van der Waals surface area contributed by atoms with Gasteiger partial charge in [0.1, 0.15) is 0 Å². The van der Waals surface area contributed by atoms with Gasteiger partial charge in [0.05, 0.1) is 5.69 Å². The lowest BCUT2D eigenvalue weighted by molar-refractivity contribution is 0.332. The first-order valence-electron chi connectivity index (χ1n) is 8.54. The monoisotopic (exact) mass is 330 g/mol. The van der Waals surface area contributed by atoms with E-state index in [2.05, 4.69) is 15.0 Å². The number of rotatable bonds is 3. The molecule has 0 N–H and O–H groups in total. The van der Waals surface area contributed by atoms with E-state index in [9.17, 15) is 4.79 Å². The molecular formula is C17H22N4OS. The molecule has 2 aromatic rings. The number of aryl methyl sites for hydroxylation is 2. The molecule has 5 nitrogen and oxygen atoms in total. The van der Waals surface area contributed by atoms with E-state index in [4.69, 9.17) is 0 Å². The normalized spacial score (nSPS) is 18.9. The summed E-state index contributed by atoms with van der Waals surface area (Å²) in [6.07, 6.45) is 8.50. The maximum atomic E-state index is 12.3. The molecule has 0 amide bonds. The third-order valence-corrected chi connectivity index (χ3v) is 5.84. The highest BCUT2D eigenvalue weighted by molar-refractivity contribution is 7.13. The molecule has 2 aromatic heterocycles. The highest BCUT2D eigenvalue weighted by Crippen LogP contribution is 2.25. The van der Waals surface area contributed by atoms with Crippen LogP contribution >= 0.6 is 11.3 Å². The van der Waals surface area contributed by atoms with E-state index >= 15 is 0 Å². The first-order chi connectivity index (χ1) is 11.3. The summed E-state index contributed by atoms with van der Waals surface area (Å²) in [6, 6.07) is 1.83. The first-order valence-corrected chi connectivity index (χ1v) is 9.42. The highest BCUT2D eigenvalue weighted by atomic mass is 32.1. The molecule has 3 heterocycles. The van der Waals surface area contributed by atoms with Gasteiger partial charge in [-0.3, -0.25) is 4.79 Å². The minimum Gasteiger partial charge on any atom is -0.348 e. The third-order valence-electron chi connectivity index (χ3n) is 5.01. The Morgan fingerprint density at radius 3 is 2.83 bits per heavy atom. The second kappa shape index (κ2) is 6.43. The van der Waals surface area contributed by atoms with E-state index in [0.717, 1.165) is 56.1 Å². The molecule has 0 aromatic carbocycles. The van der Waals surface area contributed by atoms with Crippen LogP contribution < -0.4 is 10.5 Å². The molecule has 6 heteroatoms. The van der Waals surface area contributed by atoms with Gasteiger partial charge in [0.2, 0.25) is 0 Å². The lowest BCUT2D eigenvalue weighted by Gasteiger charge is -2.31. The molecule has 0 spiro atoms. The summed E-state index contributed by atoms with van der Waals surface area (Å²) < 4.78 is 1.72. The van der Waals surface area contributed by atoms with Crippen LogP contribution in [0.5, 0.6) is 0 Å². The smallest absolute Gasteiger partial charge is 0.267 e. The average Bonchev–Trinajstić information content (AvgIpc) is 3.11. The van der Waals surface area contributed by atoms with E-state index in [1.807, 2.05) is 17.6 Å². The standard InChI is InChI=1S/C17H22N4OS/c22-16-11-14-3-1-2-4-15(14)19-21(16)12-13-5-8-20(9-6-13)17-18-7-10-23-17/h7,10-11,13H,1-6,8-9,12H2. The minimum atomic E-state index is 0.0769. The number of nitrogens with zero attached hydrogens (tertiary/aromatic N) is 4. The predicted octanol–water partition coefficient (Wildman–Crippen LogP) is 2.50. The van der Waals surface area contributed by atoms with E-state index < -0.39 is 0 Å². The fourth-order valence-electron chi connectivity index (χ4n) is 3.66. The number of fused-ring (bicyclic) bond motifs is 1. The van der Waals surface area contributed by atoms with Gasteiger partial charge >= 0.3 is 0 Å². The molecular weight excluding hydrogens is 308 g/mol. The molecule has 122 valence electrons. The van der Waals surface area contributed by atoms with E-state index in [1.165, 1.54) is 18.4 Å². The van der Waals surface area contributed by atoms with Crippen LogP contribution in [0.3, 0.4) is 0 Å².